The van der Waals surface area contributed by atoms with Crippen molar-refractivity contribution in [3.63, 3.8) is 0 Å². The Morgan fingerprint density at radius 1 is 0.630 bits per heavy atom. The zero-order chi connectivity index (χ0) is 19.6. The monoisotopic (exact) mass is 377 g/mol. The number of hydrogen-bond acceptors (Lipinski definition) is 0. The second-order valence-electron chi connectivity index (χ2n) is 8.45. The van der Waals surface area contributed by atoms with Crippen molar-refractivity contribution in [2.75, 3.05) is 0 Å². The molecule has 0 aliphatic rings. The Morgan fingerprint density at radius 2 is 1.15 bits per heavy atom. The summed E-state index contributed by atoms with van der Waals surface area (Å²) in [6.07, 6.45) is 28.3. The van der Waals surface area contributed by atoms with E-state index in [9.17, 15) is 0 Å². The number of aromatic nitrogens is 2. The normalized spacial score (nSPS) is 11.4. The van der Waals surface area contributed by atoms with Gasteiger partial charge in [-0.2, -0.15) is 0 Å². The first-order valence-electron chi connectivity index (χ1n) is 12.4. The van der Waals surface area contributed by atoms with Crippen LogP contribution in [0.1, 0.15) is 129 Å². The van der Waals surface area contributed by atoms with E-state index in [1.54, 1.807) is 5.82 Å². The zero-order valence-electron chi connectivity index (χ0n) is 19.0. The molecule has 1 rings (SSSR count). The van der Waals surface area contributed by atoms with Crippen molar-refractivity contribution >= 4 is 0 Å². The quantitative estimate of drug-likeness (QED) is 0.173. The smallest absolute Gasteiger partial charge is 0.234 e. The zero-order valence-corrected chi connectivity index (χ0v) is 19.0. The molecule has 0 aromatic carbocycles. The van der Waals surface area contributed by atoms with Crippen molar-refractivity contribution in [1.29, 1.82) is 0 Å². The number of aryl methyl sites for hydroxylation is 2. The van der Waals surface area contributed by atoms with E-state index in [-0.39, 0.29) is 0 Å². The van der Waals surface area contributed by atoms with Crippen LogP contribution in [0.2, 0.25) is 0 Å². The lowest BCUT2D eigenvalue weighted by Crippen LogP contribution is -2.37. The predicted octanol–water partition coefficient (Wildman–Crippen LogP) is 7.62. The van der Waals surface area contributed by atoms with Crippen molar-refractivity contribution in [3.05, 3.63) is 18.2 Å². The first-order chi connectivity index (χ1) is 13.3. The van der Waals surface area contributed by atoms with Gasteiger partial charge in [-0.15, -0.1) is 0 Å². The highest BCUT2D eigenvalue weighted by Crippen LogP contribution is 2.13. The van der Waals surface area contributed by atoms with Gasteiger partial charge in [0.05, 0.1) is 13.1 Å². The molecule has 0 atom stereocenters. The third kappa shape index (κ3) is 11.6. The maximum atomic E-state index is 2.53. The van der Waals surface area contributed by atoms with E-state index < -0.39 is 0 Å². The van der Waals surface area contributed by atoms with Crippen LogP contribution in [-0.2, 0) is 19.5 Å². The van der Waals surface area contributed by atoms with E-state index in [1.807, 2.05) is 0 Å². The van der Waals surface area contributed by atoms with E-state index in [0.29, 0.717) is 0 Å². The Balaban J connectivity index is 2.04. The summed E-state index contributed by atoms with van der Waals surface area (Å²) in [7, 11) is 0. The lowest BCUT2D eigenvalue weighted by atomic mass is 10.0. The molecule has 0 unspecified atom stereocenters. The van der Waals surface area contributed by atoms with Crippen LogP contribution in [0.15, 0.2) is 12.4 Å². The fraction of sp³-hybridized carbons (Fsp3) is 0.880. The van der Waals surface area contributed by atoms with Crippen LogP contribution >= 0.6 is 0 Å². The highest BCUT2D eigenvalue weighted by molar-refractivity contribution is 4.84. The van der Waals surface area contributed by atoms with Crippen molar-refractivity contribution in [1.82, 2.24) is 4.57 Å². The standard InChI is InChI=1S/C25H49N2/c1-4-7-9-10-11-12-13-14-15-16-17-18-19-22-27-24-23-26(21-6-3)25(27)20-8-5-2/h23-24H,4-22H2,1-3H3/q+1. The minimum atomic E-state index is 1.17. The van der Waals surface area contributed by atoms with E-state index in [1.165, 1.54) is 122 Å². The summed E-state index contributed by atoms with van der Waals surface area (Å²) in [5, 5.41) is 0. The predicted molar refractivity (Wildman–Crippen MR) is 119 cm³/mol. The van der Waals surface area contributed by atoms with Crippen LogP contribution in [0.3, 0.4) is 0 Å². The van der Waals surface area contributed by atoms with Crippen LogP contribution in [0.5, 0.6) is 0 Å². The lowest BCUT2D eigenvalue weighted by Gasteiger charge is -2.05. The largest absolute Gasteiger partial charge is 0.256 e. The minimum Gasteiger partial charge on any atom is -0.234 e. The van der Waals surface area contributed by atoms with E-state index in [4.69, 9.17) is 0 Å². The number of unbranched alkanes of at least 4 members (excludes halogenated alkanes) is 13. The van der Waals surface area contributed by atoms with Crippen molar-refractivity contribution in [3.8, 4) is 0 Å². The molecule has 0 aliphatic heterocycles. The molecule has 0 amide bonds. The average molecular weight is 378 g/mol. The Kier molecular flexibility index (Phi) is 15.6. The average Bonchev–Trinajstić information content (AvgIpc) is 3.05. The number of hydrogen-bond donors (Lipinski definition) is 0. The maximum absolute atomic E-state index is 2.53. The molecule has 0 fully saturated rings. The number of nitrogens with zero attached hydrogens (tertiary/aromatic N) is 2. The van der Waals surface area contributed by atoms with Crippen molar-refractivity contribution in [2.45, 2.75) is 143 Å². The minimum absolute atomic E-state index is 1.17. The topological polar surface area (TPSA) is 8.81 Å². The fourth-order valence-electron chi connectivity index (χ4n) is 4.07. The molecule has 1 heterocycles. The fourth-order valence-corrected chi connectivity index (χ4v) is 4.07. The molecule has 0 bridgehead atoms. The van der Waals surface area contributed by atoms with Gasteiger partial charge in [-0.05, 0) is 25.7 Å². The maximum Gasteiger partial charge on any atom is 0.256 e. The summed E-state index contributed by atoms with van der Waals surface area (Å²) in [5.74, 6) is 1.55. The first kappa shape index (κ1) is 24.2. The second kappa shape index (κ2) is 17.3. The molecule has 0 spiro atoms. The third-order valence-corrected chi connectivity index (χ3v) is 5.81. The third-order valence-electron chi connectivity index (χ3n) is 5.81. The Hall–Kier alpha value is -0.790. The molecule has 1 aromatic heterocycles. The van der Waals surface area contributed by atoms with Gasteiger partial charge in [-0.3, -0.25) is 0 Å². The summed E-state index contributed by atoms with van der Waals surface area (Å²) in [6, 6.07) is 0. The van der Waals surface area contributed by atoms with Crippen LogP contribution in [0.4, 0.5) is 0 Å². The Morgan fingerprint density at radius 3 is 1.67 bits per heavy atom. The molecule has 27 heavy (non-hydrogen) atoms. The molecular formula is C25H49N2+. The molecule has 2 nitrogen and oxygen atoms in total. The summed E-state index contributed by atoms with van der Waals surface area (Å²) >= 11 is 0. The molecular weight excluding hydrogens is 328 g/mol. The lowest BCUT2D eigenvalue weighted by molar-refractivity contribution is -0.703. The molecule has 0 N–H and O–H groups in total. The van der Waals surface area contributed by atoms with Crippen LogP contribution in [-0.4, -0.2) is 4.57 Å². The molecule has 1 aromatic rings. The highest BCUT2D eigenvalue weighted by atomic mass is 15.1. The van der Waals surface area contributed by atoms with Gasteiger partial charge >= 0.3 is 0 Å². The van der Waals surface area contributed by atoms with E-state index in [0.717, 1.165) is 0 Å². The first-order valence-corrected chi connectivity index (χ1v) is 12.4. The van der Waals surface area contributed by atoms with Crippen LogP contribution in [0.25, 0.3) is 0 Å². The summed E-state index contributed by atoms with van der Waals surface area (Å²) in [5.41, 5.74) is 0. The summed E-state index contributed by atoms with van der Waals surface area (Å²) < 4.78 is 5.02. The van der Waals surface area contributed by atoms with Gasteiger partial charge in [0, 0.05) is 6.42 Å². The van der Waals surface area contributed by atoms with E-state index in [2.05, 4.69) is 42.3 Å². The molecule has 0 radical (unpaired) electrons. The van der Waals surface area contributed by atoms with Gasteiger partial charge < -0.3 is 0 Å². The van der Waals surface area contributed by atoms with Gasteiger partial charge in [-0.25, -0.2) is 9.13 Å². The molecule has 0 saturated heterocycles. The number of rotatable bonds is 19. The second-order valence-corrected chi connectivity index (χ2v) is 8.45. The van der Waals surface area contributed by atoms with Gasteiger partial charge in [0.15, 0.2) is 0 Å². The molecule has 0 aliphatic carbocycles. The Labute approximate surface area is 170 Å². The van der Waals surface area contributed by atoms with E-state index >= 15 is 0 Å². The van der Waals surface area contributed by atoms with Gasteiger partial charge in [-0.1, -0.05) is 97.8 Å². The Bertz CT molecular complexity index is 436. The van der Waals surface area contributed by atoms with Crippen molar-refractivity contribution in [2.24, 2.45) is 0 Å². The molecule has 2 heteroatoms. The molecule has 0 saturated carbocycles. The van der Waals surface area contributed by atoms with Crippen LogP contribution in [0, 0.1) is 0 Å². The number of imidazole rings is 1. The SMILES string of the molecule is CCCCCCCCCCCCCCCn1cc[n+](CCC)c1CCCC. The van der Waals surface area contributed by atoms with Gasteiger partial charge in [0.2, 0.25) is 0 Å². The summed E-state index contributed by atoms with van der Waals surface area (Å²) in [4.78, 5) is 0. The van der Waals surface area contributed by atoms with Crippen molar-refractivity contribution < 1.29 is 4.57 Å². The van der Waals surface area contributed by atoms with Gasteiger partial charge in [0.1, 0.15) is 12.4 Å². The van der Waals surface area contributed by atoms with Gasteiger partial charge in [0.25, 0.3) is 5.82 Å². The van der Waals surface area contributed by atoms with Crippen LogP contribution < -0.4 is 4.57 Å². The highest BCUT2D eigenvalue weighted by Gasteiger charge is 2.15. The molecule has 158 valence electrons. The summed E-state index contributed by atoms with van der Waals surface area (Å²) in [6.45, 7) is 9.26.